The first kappa shape index (κ1) is 12.9. The molecule has 0 atom stereocenters. The fraction of sp³-hybridized carbons (Fsp3) is 0.500. The predicted molar refractivity (Wildman–Crippen MR) is 68.5 cm³/mol. The van der Waals surface area contributed by atoms with E-state index in [1.54, 1.807) is 11.8 Å². The van der Waals surface area contributed by atoms with Gasteiger partial charge in [0.05, 0.1) is 5.60 Å². The van der Waals surface area contributed by atoms with Crippen LogP contribution in [0.1, 0.15) is 25.8 Å². The lowest BCUT2D eigenvalue weighted by atomic mass is 10.1. The van der Waals surface area contributed by atoms with Crippen LogP contribution in [0, 0.1) is 0 Å². The Labute approximate surface area is 101 Å². The van der Waals surface area contributed by atoms with Gasteiger partial charge >= 0.3 is 0 Å². The van der Waals surface area contributed by atoms with Crippen molar-refractivity contribution in [2.45, 2.75) is 31.6 Å². The quantitative estimate of drug-likeness (QED) is 0.797. The molecule has 1 N–H and O–H groups in total. The first-order valence-corrected chi connectivity index (χ1v) is 6.56. The van der Waals surface area contributed by atoms with E-state index in [-0.39, 0.29) is 0 Å². The molecule has 1 aromatic rings. The molecule has 0 saturated heterocycles. The van der Waals surface area contributed by atoms with Crippen molar-refractivity contribution >= 4 is 23.4 Å². The maximum atomic E-state index is 9.53. The summed E-state index contributed by atoms with van der Waals surface area (Å²) in [5.74, 6) is 1.87. The van der Waals surface area contributed by atoms with Crippen molar-refractivity contribution in [2.75, 3.05) is 5.75 Å². The Balaban J connectivity index is 2.30. The largest absolute Gasteiger partial charge is 0.390 e. The van der Waals surface area contributed by atoms with Crippen LogP contribution >= 0.6 is 23.4 Å². The third kappa shape index (κ3) is 5.45. The van der Waals surface area contributed by atoms with E-state index < -0.39 is 5.60 Å². The molecule has 84 valence electrons. The maximum Gasteiger partial charge on any atom is 0.0599 e. The van der Waals surface area contributed by atoms with Gasteiger partial charge in [-0.2, -0.15) is 11.8 Å². The van der Waals surface area contributed by atoms with Gasteiger partial charge in [0.15, 0.2) is 0 Å². The standard InChI is InChI=1S/C12H17ClOS/c1-12(2,14)7-8-15-9-10-5-3-4-6-11(10)13/h3-6,14H,7-9H2,1-2H3. The van der Waals surface area contributed by atoms with Crippen LogP contribution in [-0.4, -0.2) is 16.5 Å². The maximum absolute atomic E-state index is 9.53. The summed E-state index contributed by atoms with van der Waals surface area (Å²) in [6, 6.07) is 7.89. The smallest absolute Gasteiger partial charge is 0.0599 e. The van der Waals surface area contributed by atoms with Crippen molar-refractivity contribution in [2.24, 2.45) is 0 Å². The van der Waals surface area contributed by atoms with Gasteiger partial charge < -0.3 is 5.11 Å². The minimum Gasteiger partial charge on any atom is -0.390 e. The van der Waals surface area contributed by atoms with Gasteiger partial charge in [0, 0.05) is 10.8 Å². The summed E-state index contributed by atoms with van der Waals surface area (Å²) in [5, 5.41) is 10.4. The first-order valence-electron chi connectivity index (χ1n) is 5.02. The highest BCUT2D eigenvalue weighted by atomic mass is 35.5. The molecule has 0 aliphatic rings. The molecule has 0 heterocycles. The average molecular weight is 245 g/mol. The third-order valence-electron chi connectivity index (χ3n) is 2.07. The molecule has 0 amide bonds. The van der Waals surface area contributed by atoms with Gasteiger partial charge in [-0.05, 0) is 37.7 Å². The van der Waals surface area contributed by atoms with Gasteiger partial charge in [-0.25, -0.2) is 0 Å². The summed E-state index contributed by atoms with van der Waals surface area (Å²) >= 11 is 7.83. The van der Waals surface area contributed by atoms with Crippen LogP contribution in [0.25, 0.3) is 0 Å². The highest BCUT2D eigenvalue weighted by molar-refractivity contribution is 7.98. The second-order valence-electron chi connectivity index (χ2n) is 4.21. The zero-order chi connectivity index (χ0) is 11.3. The number of hydrogen-bond acceptors (Lipinski definition) is 2. The fourth-order valence-electron chi connectivity index (χ4n) is 1.12. The average Bonchev–Trinajstić information content (AvgIpc) is 2.13. The van der Waals surface area contributed by atoms with Crippen LogP contribution in [0.15, 0.2) is 24.3 Å². The molecule has 0 aliphatic heterocycles. The highest BCUT2D eigenvalue weighted by Gasteiger charge is 2.11. The number of hydrogen-bond donors (Lipinski definition) is 1. The molecule has 0 unspecified atom stereocenters. The normalized spacial score (nSPS) is 11.7. The molecule has 1 nitrogen and oxygen atoms in total. The number of halogens is 1. The van der Waals surface area contributed by atoms with E-state index in [1.165, 1.54) is 5.56 Å². The highest BCUT2D eigenvalue weighted by Crippen LogP contribution is 2.22. The minimum atomic E-state index is -0.562. The molecule has 0 fully saturated rings. The molecule has 1 aromatic carbocycles. The second kappa shape index (κ2) is 5.78. The summed E-state index contributed by atoms with van der Waals surface area (Å²) in [6.07, 6.45) is 0.808. The molecule has 15 heavy (non-hydrogen) atoms. The lowest BCUT2D eigenvalue weighted by Crippen LogP contribution is -2.19. The van der Waals surface area contributed by atoms with E-state index in [0.29, 0.717) is 0 Å². The summed E-state index contributed by atoms with van der Waals surface area (Å²) in [6.45, 7) is 3.67. The molecule has 0 spiro atoms. The number of rotatable bonds is 5. The summed E-state index contributed by atoms with van der Waals surface area (Å²) < 4.78 is 0. The molecule has 0 aliphatic carbocycles. The Hall–Kier alpha value is -0.180. The zero-order valence-corrected chi connectivity index (χ0v) is 10.7. The SMILES string of the molecule is CC(C)(O)CCSCc1ccccc1Cl. The molecular weight excluding hydrogens is 228 g/mol. The van der Waals surface area contributed by atoms with Crippen molar-refractivity contribution in [3.8, 4) is 0 Å². The molecule has 3 heteroatoms. The molecule has 1 rings (SSSR count). The van der Waals surface area contributed by atoms with E-state index in [0.717, 1.165) is 22.9 Å². The Kier molecular flexibility index (Phi) is 4.97. The number of aliphatic hydroxyl groups is 1. The van der Waals surface area contributed by atoms with Crippen molar-refractivity contribution in [1.29, 1.82) is 0 Å². The number of thioether (sulfide) groups is 1. The van der Waals surface area contributed by atoms with Gasteiger partial charge in [-0.1, -0.05) is 29.8 Å². The van der Waals surface area contributed by atoms with Gasteiger partial charge in [-0.3, -0.25) is 0 Å². The van der Waals surface area contributed by atoms with E-state index in [1.807, 2.05) is 38.1 Å². The van der Waals surface area contributed by atoms with Crippen LogP contribution in [-0.2, 0) is 5.75 Å². The zero-order valence-electron chi connectivity index (χ0n) is 9.16. The van der Waals surface area contributed by atoms with Crippen LogP contribution in [0.3, 0.4) is 0 Å². The van der Waals surface area contributed by atoms with Gasteiger partial charge in [0.25, 0.3) is 0 Å². The van der Waals surface area contributed by atoms with E-state index >= 15 is 0 Å². The molecule has 0 saturated carbocycles. The number of benzene rings is 1. The summed E-state index contributed by atoms with van der Waals surface area (Å²) in [4.78, 5) is 0. The summed E-state index contributed by atoms with van der Waals surface area (Å²) in [7, 11) is 0. The lowest BCUT2D eigenvalue weighted by molar-refractivity contribution is 0.0777. The van der Waals surface area contributed by atoms with Crippen LogP contribution in [0.2, 0.25) is 5.02 Å². The van der Waals surface area contributed by atoms with Gasteiger partial charge in [0.2, 0.25) is 0 Å². The van der Waals surface area contributed by atoms with Crippen molar-refractivity contribution in [3.63, 3.8) is 0 Å². The van der Waals surface area contributed by atoms with Gasteiger partial charge in [0.1, 0.15) is 0 Å². The molecule has 0 bridgehead atoms. The Morgan fingerprint density at radius 2 is 2.00 bits per heavy atom. The lowest BCUT2D eigenvalue weighted by Gasteiger charge is -2.16. The van der Waals surface area contributed by atoms with Crippen molar-refractivity contribution < 1.29 is 5.11 Å². The predicted octanol–water partition coefficient (Wildman–Crippen LogP) is 3.73. The minimum absolute atomic E-state index is 0.562. The monoisotopic (exact) mass is 244 g/mol. The van der Waals surface area contributed by atoms with Crippen LogP contribution in [0.4, 0.5) is 0 Å². The Bertz CT molecular complexity index is 307. The van der Waals surface area contributed by atoms with Crippen LogP contribution < -0.4 is 0 Å². The Morgan fingerprint density at radius 3 is 2.60 bits per heavy atom. The topological polar surface area (TPSA) is 20.2 Å². The third-order valence-corrected chi connectivity index (χ3v) is 3.45. The van der Waals surface area contributed by atoms with E-state index in [4.69, 9.17) is 11.6 Å². The van der Waals surface area contributed by atoms with Crippen LogP contribution in [0.5, 0.6) is 0 Å². The van der Waals surface area contributed by atoms with Gasteiger partial charge in [-0.15, -0.1) is 0 Å². The molecule has 0 radical (unpaired) electrons. The Morgan fingerprint density at radius 1 is 1.33 bits per heavy atom. The van der Waals surface area contributed by atoms with Crippen molar-refractivity contribution in [3.05, 3.63) is 34.9 Å². The van der Waals surface area contributed by atoms with E-state index in [2.05, 4.69) is 0 Å². The fourth-order valence-corrected chi connectivity index (χ4v) is 2.66. The second-order valence-corrected chi connectivity index (χ2v) is 5.72. The molecular formula is C12H17ClOS. The first-order chi connectivity index (χ1) is 6.99. The molecule has 0 aromatic heterocycles. The van der Waals surface area contributed by atoms with Crippen molar-refractivity contribution in [1.82, 2.24) is 0 Å². The van der Waals surface area contributed by atoms with E-state index in [9.17, 15) is 5.11 Å². The summed E-state index contributed by atoms with van der Waals surface area (Å²) in [5.41, 5.74) is 0.605.